The zero-order chi connectivity index (χ0) is 12.8. The van der Waals surface area contributed by atoms with E-state index >= 15 is 0 Å². The van der Waals surface area contributed by atoms with E-state index in [1.807, 2.05) is 36.4 Å². The molecule has 1 atom stereocenters. The third kappa shape index (κ3) is 1.70. The van der Waals surface area contributed by atoms with Gasteiger partial charge in [-0.25, -0.2) is 4.98 Å². The molecule has 0 radical (unpaired) electrons. The van der Waals surface area contributed by atoms with Crippen molar-refractivity contribution < 1.29 is 4.74 Å². The standard InChI is InChI=1S/C15H11ClN2O/c16-9-5-6-12-13(7-9)18-15(17-12)11-8-19-14-4-2-1-3-10(11)14/h1-7,11H,8H2,(H,17,18). The number of nitrogens with one attached hydrogen (secondary N) is 1. The monoisotopic (exact) mass is 270 g/mol. The molecular formula is C15H11ClN2O. The summed E-state index contributed by atoms with van der Waals surface area (Å²) in [6.45, 7) is 0.632. The SMILES string of the molecule is Clc1ccc2nc(C3COc4ccccc43)[nH]c2c1. The minimum absolute atomic E-state index is 0.169. The molecule has 4 heteroatoms. The lowest BCUT2D eigenvalue weighted by molar-refractivity contribution is 0.340. The van der Waals surface area contributed by atoms with Gasteiger partial charge in [-0.3, -0.25) is 0 Å². The second-order valence-corrected chi connectivity index (χ2v) is 5.12. The number of H-pyrrole nitrogens is 1. The Morgan fingerprint density at radius 3 is 3.05 bits per heavy atom. The van der Waals surface area contributed by atoms with Crippen molar-refractivity contribution in [1.82, 2.24) is 9.97 Å². The van der Waals surface area contributed by atoms with Gasteiger partial charge in [0.2, 0.25) is 0 Å². The van der Waals surface area contributed by atoms with Gasteiger partial charge in [0.05, 0.1) is 17.0 Å². The van der Waals surface area contributed by atoms with Gasteiger partial charge >= 0.3 is 0 Å². The van der Waals surface area contributed by atoms with Crippen molar-refractivity contribution in [2.45, 2.75) is 5.92 Å². The van der Waals surface area contributed by atoms with Crippen molar-refractivity contribution in [1.29, 1.82) is 0 Å². The highest BCUT2D eigenvalue weighted by atomic mass is 35.5. The van der Waals surface area contributed by atoms with E-state index in [9.17, 15) is 0 Å². The van der Waals surface area contributed by atoms with Crippen LogP contribution in [-0.2, 0) is 0 Å². The second-order valence-electron chi connectivity index (χ2n) is 4.68. The normalized spacial score (nSPS) is 17.4. The average Bonchev–Trinajstić information content (AvgIpc) is 3.00. The van der Waals surface area contributed by atoms with Gasteiger partial charge in [0.15, 0.2) is 0 Å². The number of ether oxygens (including phenoxy) is 1. The van der Waals surface area contributed by atoms with E-state index < -0.39 is 0 Å². The number of aromatic nitrogens is 2. The molecule has 3 nitrogen and oxygen atoms in total. The Morgan fingerprint density at radius 1 is 1.21 bits per heavy atom. The Hall–Kier alpha value is -2.00. The summed E-state index contributed by atoms with van der Waals surface area (Å²) in [4.78, 5) is 7.98. The molecule has 2 heterocycles. The predicted octanol–water partition coefficient (Wildman–Crippen LogP) is 3.74. The van der Waals surface area contributed by atoms with Crippen molar-refractivity contribution in [2.24, 2.45) is 0 Å². The fraction of sp³-hybridized carbons (Fsp3) is 0.133. The molecule has 0 saturated carbocycles. The number of hydrogen-bond acceptors (Lipinski definition) is 2. The summed E-state index contributed by atoms with van der Waals surface area (Å²) in [5, 5.41) is 0.714. The Kier molecular flexibility index (Phi) is 2.29. The molecule has 94 valence electrons. The summed E-state index contributed by atoms with van der Waals surface area (Å²) >= 11 is 6.00. The first-order valence-corrected chi connectivity index (χ1v) is 6.56. The van der Waals surface area contributed by atoms with Gasteiger partial charge in [-0.1, -0.05) is 29.8 Å². The maximum atomic E-state index is 6.00. The van der Waals surface area contributed by atoms with Crippen molar-refractivity contribution in [3.63, 3.8) is 0 Å². The minimum Gasteiger partial charge on any atom is -0.492 e. The smallest absolute Gasteiger partial charge is 0.123 e. The Morgan fingerprint density at radius 2 is 2.11 bits per heavy atom. The molecule has 2 aromatic carbocycles. The number of halogens is 1. The molecule has 0 saturated heterocycles. The maximum absolute atomic E-state index is 6.00. The van der Waals surface area contributed by atoms with Gasteiger partial charge in [-0.2, -0.15) is 0 Å². The van der Waals surface area contributed by atoms with Crippen LogP contribution in [0.25, 0.3) is 11.0 Å². The number of imidazole rings is 1. The maximum Gasteiger partial charge on any atom is 0.123 e. The van der Waals surface area contributed by atoms with Crippen LogP contribution in [0, 0.1) is 0 Å². The third-order valence-corrected chi connectivity index (χ3v) is 3.73. The summed E-state index contributed by atoms with van der Waals surface area (Å²) in [5.41, 5.74) is 3.09. The molecule has 0 bridgehead atoms. The molecule has 1 aliphatic heterocycles. The zero-order valence-corrected chi connectivity index (χ0v) is 10.8. The molecule has 1 aliphatic rings. The largest absolute Gasteiger partial charge is 0.492 e. The van der Waals surface area contributed by atoms with Crippen LogP contribution in [0.4, 0.5) is 0 Å². The molecule has 3 aromatic rings. The fourth-order valence-electron chi connectivity index (χ4n) is 2.56. The lowest BCUT2D eigenvalue weighted by Gasteiger charge is -2.03. The molecule has 19 heavy (non-hydrogen) atoms. The van der Waals surface area contributed by atoms with E-state index in [0.717, 1.165) is 22.6 Å². The van der Waals surface area contributed by atoms with E-state index in [0.29, 0.717) is 11.6 Å². The number of rotatable bonds is 1. The van der Waals surface area contributed by atoms with Gasteiger partial charge in [0.25, 0.3) is 0 Å². The molecule has 0 fully saturated rings. The molecular weight excluding hydrogens is 260 g/mol. The first-order valence-electron chi connectivity index (χ1n) is 6.18. The van der Waals surface area contributed by atoms with E-state index in [1.54, 1.807) is 0 Å². The Balaban J connectivity index is 1.83. The van der Waals surface area contributed by atoms with Gasteiger partial charge in [-0.05, 0) is 24.3 Å². The lowest BCUT2D eigenvalue weighted by atomic mass is 10.0. The first-order chi connectivity index (χ1) is 9.31. The number of fused-ring (bicyclic) bond motifs is 2. The van der Waals surface area contributed by atoms with Crippen molar-refractivity contribution in [3.8, 4) is 5.75 Å². The van der Waals surface area contributed by atoms with Gasteiger partial charge in [0.1, 0.15) is 18.2 Å². The zero-order valence-electron chi connectivity index (χ0n) is 10.1. The number of aromatic amines is 1. The summed E-state index contributed by atoms with van der Waals surface area (Å²) in [6.07, 6.45) is 0. The molecule has 1 unspecified atom stereocenters. The van der Waals surface area contributed by atoms with E-state index in [1.165, 1.54) is 5.56 Å². The number of benzene rings is 2. The second kappa shape index (κ2) is 4.00. The number of para-hydroxylation sites is 1. The highest BCUT2D eigenvalue weighted by Crippen LogP contribution is 2.37. The van der Waals surface area contributed by atoms with Crippen LogP contribution >= 0.6 is 11.6 Å². The van der Waals surface area contributed by atoms with E-state index in [2.05, 4.69) is 16.0 Å². The summed E-state index contributed by atoms with van der Waals surface area (Å²) in [6, 6.07) is 13.8. The molecule has 0 spiro atoms. The highest BCUT2D eigenvalue weighted by molar-refractivity contribution is 6.31. The van der Waals surface area contributed by atoms with Crippen molar-refractivity contribution in [2.75, 3.05) is 6.61 Å². The first kappa shape index (κ1) is 10.9. The van der Waals surface area contributed by atoms with Gasteiger partial charge in [0, 0.05) is 10.6 Å². The average molecular weight is 271 g/mol. The Bertz CT molecular complexity index is 766. The summed E-state index contributed by atoms with van der Waals surface area (Å²) in [7, 11) is 0. The van der Waals surface area contributed by atoms with Crippen LogP contribution in [-0.4, -0.2) is 16.6 Å². The van der Waals surface area contributed by atoms with Gasteiger partial charge < -0.3 is 9.72 Å². The van der Waals surface area contributed by atoms with Crippen LogP contribution in [0.1, 0.15) is 17.3 Å². The highest BCUT2D eigenvalue weighted by Gasteiger charge is 2.27. The van der Waals surface area contributed by atoms with E-state index in [4.69, 9.17) is 16.3 Å². The van der Waals surface area contributed by atoms with Crippen LogP contribution in [0.2, 0.25) is 5.02 Å². The van der Waals surface area contributed by atoms with Crippen molar-refractivity contribution >= 4 is 22.6 Å². The predicted molar refractivity (Wildman–Crippen MR) is 74.9 cm³/mol. The molecule has 0 aliphatic carbocycles. The number of nitrogens with zero attached hydrogens (tertiary/aromatic N) is 1. The summed E-state index contributed by atoms with van der Waals surface area (Å²) in [5.74, 6) is 2.05. The number of hydrogen-bond donors (Lipinski definition) is 1. The lowest BCUT2D eigenvalue weighted by Crippen LogP contribution is -2.04. The fourth-order valence-corrected chi connectivity index (χ4v) is 2.73. The van der Waals surface area contributed by atoms with Crippen LogP contribution in [0.3, 0.4) is 0 Å². The topological polar surface area (TPSA) is 37.9 Å². The minimum atomic E-state index is 0.169. The molecule has 4 rings (SSSR count). The molecule has 1 N–H and O–H groups in total. The summed E-state index contributed by atoms with van der Waals surface area (Å²) < 4.78 is 5.70. The molecule has 1 aromatic heterocycles. The van der Waals surface area contributed by atoms with Crippen LogP contribution in [0.15, 0.2) is 42.5 Å². The van der Waals surface area contributed by atoms with Gasteiger partial charge in [-0.15, -0.1) is 0 Å². The van der Waals surface area contributed by atoms with Crippen LogP contribution in [0.5, 0.6) is 5.75 Å². The van der Waals surface area contributed by atoms with Crippen LogP contribution < -0.4 is 4.74 Å². The Labute approximate surface area is 115 Å². The third-order valence-electron chi connectivity index (χ3n) is 3.49. The van der Waals surface area contributed by atoms with E-state index in [-0.39, 0.29) is 5.92 Å². The quantitative estimate of drug-likeness (QED) is 0.731. The molecule has 0 amide bonds. The van der Waals surface area contributed by atoms with Crippen molar-refractivity contribution in [3.05, 3.63) is 58.9 Å².